The summed E-state index contributed by atoms with van der Waals surface area (Å²) in [6.07, 6.45) is 4.42. The molecule has 21 heavy (non-hydrogen) atoms. The summed E-state index contributed by atoms with van der Waals surface area (Å²) in [5.74, 6) is 0.408. The first kappa shape index (κ1) is 15.1. The van der Waals surface area contributed by atoms with E-state index in [1.165, 1.54) is 11.3 Å². The third kappa shape index (κ3) is 3.06. The van der Waals surface area contributed by atoms with Crippen LogP contribution in [0.5, 0.6) is 0 Å². The highest BCUT2D eigenvalue weighted by Crippen LogP contribution is 2.33. The molecule has 1 fully saturated rings. The van der Waals surface area contributed by atoms with Crippen LogP contribution < -0.4 is 0 Å². The highest BCUT2D eigenvalue weighted by molar-refractivity contribution is 7.91. The first-order valence-corrected chi connectivity index (χ1v) is 10.2. The summed E-state index contributed by atoms with van der Waals surface area (Å²) in [5, 5.41) is 3.12. The van der Waals surface area contributed by atoms with Crippen molar-refractivity contribution in [2.45, 2.75) is 36.3 Å². The Morgan fingerprint density at radius 1 is 1.33 bits per heavy atom. The fourth-order valence-electron chi connectivity index (χ4n) is 2.59. The second kappa shape index (κ2) is 6.16. The number of hydrogen-bond acceptors (Lipinski definition) is 5. The van der Waals surface area contributed by atoms with Crippen molar-refractivity contribution < 1.29 is 8.42 Å². The smallest absolute Gasteiger partial charge is 0.249 e. The largest absolute Gasteiger partial charge is 0.252 e. The van der Waals surface area contributed by atoms with Gasteiger partial charge < -0.3 is 0 Å². The van der Waals surface area contributed by atoms with Crippen LogP contribution in [-0.4, -0.2) is 30.8 Å². The van der Waals surface area contributed by atoms with E-state index in [0.717, 1.165) is 29.1 Å². The highest BCUT2D eigenvalue weighted by atomic mass is 32.2. The minimum atomic E-state index is -3.31. The molecule has 0 atom stereocenters. The van der Waals surface area contributed by atoms with E-state index in [9.17, 15) is 8.42 Å². The number of piperidine rings is 1. The molecule has 0 amide bonds. The van der Waals surface area contributed by atoms with Gasteiger partial charge in [-0.15, -0.1) is 22.7 Å². The molecule has 0 N–H and O–H groups in total. The molecule has 0 spiro atoms. The molecule has 0 saturated carbocycles. The normalized spacial score (nSPS) is 18.1. The van der Waals surface area contributed by atoms with Crippen molar-refractivity contribution >= 4 is 32.7 Å². The number of rotatable bonds is 4. The molecule has 7 heteroatoms. The summed E-state index contributed by atoms with van der Waals surface area (Å²) >= 11 is 3.06. The van der Waals surface area contributed by atoms with Crippen LogP contribution in [-0.2, 0) is 16.4 Å². The molecule has 0 unspecified atom stereocenters. The van der Waals surface area contributed by atoms with E-state index in [2.05, 4.69) is 4.98 Å². The molecule has 3 heterocycles. The van der Waals surface area contributed by atoms with Crippen molar-refractivity contribution in [3.63, 3.8) is 0 Å². The Bertz CT molecular complexity index is 684. The Labute approximate surface area is 133 Å². The molecule has 2 aromatic rings. The van der Waals surface area contributed by atoms with Gasteiger partial charge in [-0.1, -0.05) is 6.92 Å². The Morgan fingerprint density at radius 3 is 2.67 bits per heavy atom. The molecule has 0 bridgehead atoms. The van der Waals surface area contributed by atoms with E-state index in [1.807, 2.05) is 24.6 Å². The predicted molar refractivity (Wildman–Crippen MR) is 86.5 cm³/mol. The van der Waals surface area contributed by atoms with Crippen molar-refractivity contribution in [3.05, 3.63) is 33.6 Å². The van der Waals surface area contributed by atoms with Gasteiger partial charge in [-0.25, -0.2) is 13.4 Å². The molecule has 4 nitrogen and oxygen atoms in total. The van der Waals surface area contributed by atoms with Gasteiger partial charge in [0.2, 0.25) is 0 Å². The Hall–Kier alpha value is -0.760. The van der Waals surface area contributed by atoms with Crippen LogP contribution in [0.1, 0.15) is 35.6 Å². The molecule has 0 aromatic carbocycles. The Morgan fingerprint density at radius 2 is 2.10 bits per heavy atom. The van der Waals surface area contributed by atoms with Crippen molar-refractivity contribution in [3.8, 4) is 0 Å². The van der Waals surface area contributed by atoms with E-state index >= 15 is 0 Å². The lowest BCUT2D eigenvalue weighted by Crippen LogP contribution is -2.37. The first-order chi connectivity index (χ1) is 10.1. The van der Waals surface area contributed by atoms with Crippen LogP contribution in [0, 0.1) is 0 Å². The summed E-state index contributed by atoms with van der Waals surface area (Å²) in [7, 11) is -3.31. The van der Waals surface area contributed by atoms with Gasteiger partial charge in [0.25, 0.3) is 10.0 Å². The Kier molecular flexibility index (Phi) is 4.44. The predicted octanol–water partition coefficient (Wildman–Crippen LogP) is 3.34. The monoisotopic (exact) mass is 342 g/mol. The minimum absolute atomic E-state index is 0.408. The van der Waals surface area contributed by atoms with Crippen molar-refractivity contribution in [1.29, 1.82) is 0 Å². The summed E-state index contributed by atoms with van der Waals surface area (Å²) in [6.45, 7) is 3.22. The third-order valence-corrected chi connectivity index (χ3v) is 8.37. The summed E-state index contributed by atoms with van der Waals surface area (Å²) in [4.78, 5) is 5.47. The number of hydrogen-bond donors (Lipinski definition) is 0. The standard InChI is InChI=1S/C14H18N2O2S3/c1-2-12-3-4-13(20-12)21(17,18)16-8-5-11(6-9-16)14-15-7-10-19-14/h3-4,7,10-11H,2,5-6,8-9H2,1H3. The zero-order valence-corrected chi connectivity index (χ0v) is 14.3. The van der Waals surface area contributed by atoms with Crippen LogP contribution >= 0.6 is 22.7 Å². The van der Waals surface area contributed by atoms with Gasteiger partial charge in [-0.05, 0) is 31.4 Å². The van der Waals surface area contributed by atoms with Gasteiger partial charge in [-0.3, -0.25) is 0 Å². The second-order valence-corrected chi connectivity index (χ2v) is 9.38. The zero-order valence-electron chi connectivity index (χ0n) is 11.9. The molecule has 1 aliphatic rings. The molecule has 1 saturated heterocycles. The van der Waals surface area contributed by atoms with Gasteiger partial charge >= 0.3 is 0 Å². The lowest BCUT2D eigenvalue weighted by molar-refractivity contribution is 0.319. The summed E-state index contributed by atoms with van der Waals surface area (Å²) < 4.78 is 27.4. The lowest BCUT2D eigenvalue weighted by atomic mass is 9.99. The van der Waals surface area contributed by atoms with Crippen molar-refractivity contribution in [2.24, 2.45) is 0 Å². The molecule has 114 valence electrons. The maximum atomic E-state index is 12.6. The number of thiazole rings is 1. The van der Waals surface area contributed by atoms with Crippen molar-refractivity contribution in [2.75, 3.05) is 13.1 Å². The lowest BCUT2D eigenvalue weighted by Gasteiger charge is -2.29. The zero-order chi connectivity index (χ0) is 14.9. The average Bonchev–Trinajstić information content (AvgIpc) is 3.19. The Balaban J connectivity index is 1.71. The first-order valence-electron chi connectivity index (χ1n) is 7.09. The number of sulfonamides is 1. The van der Waals surface area contributed by atoms with Gasteiger partial charge in [0.05, 0.1) is 5.01 Å². The van der Waals surface area contributed by atoms with E-state index in [1.54, 1.807) is 21.7 Å². The van der Waals surface area contributed by atoms with E-state index in [-0.39, 0.29) is 0 Å². The summed E-state index contributed by atoms with van der Waals surface area (Å²) in [6, 6.07) is 3.66. The van der Waals surface area contributed by atoms with Crippen LogP contribution in [0.15, 0.2) is 27.9 Å². The van der Waals surface area contributed by atoms with E-state index in [4.69, 9.17) is 0 Å². The number of thiophene rings is 1. The topological polar surface area (TPSA) is 50.3 Å². The fourth-order valence-corrected chi connectivity index (χ4v) is 6.32. The molecule has 1 aliphatic heterocycles. The van der Waals surface area contributed by atoms with Gasteiger partial charge in [0.15, 0.2) is 0 Å². The third-order valence-electron chi connectivity index (χ3n) is 3.83. The summed E-state index contributed by atoms with van der Waals surface area (Å²) in [5.41, 5.74) is 0. The fraction of sp³-hybridized carbons (Fsp3) is 0.500. The minimum Gasteiger partial charge on any atom is -0.249 e. The van der Waals surface area contributed by atoms with Crippen molar-refractivity contribution in [1.82, 2.24) is 9.29 Å². The van der Waals surface area contributed by atoms with Crippen LogP contribution in [0.3, 0.4) is 0 Å². The van der Waals surface area contributed by atoms with Gasteiger partial charge in [-0.2, -0.15) is 4.31 Å². The molecule has 0 radical (unpaired) electrons. The molecular weight excluding hydrogens is 324 g/mol. The SMILES string of the molecule is CCc1ccc(S(=O)(=O)N2CCC(c3nccs3)CC2)s1. The van der Waals surface area contributed by atoms with E-state index in [0.29, 0.717) is 23.2 Å². The van der Waals surface area contributed by atoms with Gasteiger partial charge in [0, 0.05) is 35.5 Å². The molecule has 0 aliphatic carbocycles. The number of aryl methyl sites for hydroxylation is 1. The van der Waals surface area contributed by atoms with Crippen LogP contribution in [0.4, 0.5) is 0 Å². The second-order valence-electron chi connectivity index (χ2n) is 5.12. The van der Waals surface area contributed by atoms with Crippen LogP contribution in [0.25, 0.3) is 0 Å². The molecule has 3 rings (SSSR count). The van der Waals surface area contributed by atoms with Crippen LogP contribution in [0.2, 0.25) is 0 Å². The maximum absolute atomic E-state index is 12.6. The highest BCUT2D eigenvalue weighted by Gasteiger charge is 2.31. The number of nitrogens with zero attached hydrogens (tertiary/aromatic N) is 2. The average molecular weight is 343 g/mol. The van der Waals surface area contributed by atoms with Gasteiger partial charge in [0.1, 0.15) is 4.21 Å². The quantitative estimate of drug-likeness (QED) is 0.856. The van der Waals surface area contributed by atoms with E-state index < -0.39 is 10.0 Å². The maximum Gasteiger partial charge on any atom is 0.252 e. The molecular formula is C14H18N2O2S3. The molecule has 2 aromatic heterocycles. The number of aromatic nitrogens is 1.